The van der Waals surface area contributed by atoms with Crippen molar-refractivity contribution >= 4 is 11.6 Å². The lowest BCUT2D eigenvalue weighted by atomic mass is 10.1. The maximum Gasteiger partial charge on any atom is 0.0900 e. The fourth-order valence-corrected chi connectivity index (χ4v) is 3.41. The largest absolute Gasteiger partial charge is 0.389 e. The van der Waals surface area contributed by atoms with E-state index in [1.807, 2.05) is 31.2 Å². The maximum atomic E-state index is 10.4. The average Bonchev–Trinajstić information content (AvgIpc) is 3.05. The number of aromatic nitrogens is 1. The van der Waals surface area contributed by atoms with Crippen LogP contribution < -0.4 is 0 Å². The first kappa shape index (κ1) is 17.5. The molecule has 0 saturated heterocycles. The van der Waals surface area contributed by atoms with Crippen molar-refractivity contribution in [3.05, 3.63) is 58.9 Å². The van der Waals surface area contributed by atoms with Crippen molar-refractivity contribution in [2.45, 2.75) is 38.6 Å². The molecule has 1 aliphatic heterocycles. The van der Waals surface area contributed by atoms with Gasteiger partial charge in [0.1, 0.15) is 0 Å². The fraction of sp³-hybridized carbons (Fsp3) is 0.474. The third kappa shape index (κ3) is 4.01. The zero-order chi connectivity index (χ0) is 17.1. The molecule has 5 heteroatoms. The Hall–Kier alpha value is -1.33. The summed E-state index contributed by atoms with van der Waals surface area (Å²) < 4.78 is 8.12. The average molecular weight is 349 g/mol. The standard InChI is InChI=1S/C19H25ClN2O2/c1-14-19-4-3-9-21(19)10-11-22(14)12-18(23)13-24-15(2)16-5-7-17(20)8-6-16/h3-9,14-15,18,23H,10-13H2,1-2H3/t14-,15-,18-/m0/s1. The molecule has 1 N–H and O–H groups in total. The van der Waals surface area contributed by atoms with Crippen molar-refractivity contribution < 1.29 is 9.84 Å². The van der Waals surface area contributed by atoms with Gasteiger partial charge in [-0.2, -0.15) is 0 Å². The molecule has 2 aromatic rings. The number of hydrogen-bond acceptors (Lipinski definition) is 3. The van der Waals surface area contributed by atoms with Crippen molar-refractivity contribution in [3.8, 4) is 0 Å². The Labute approximate surface area is 148 Å². The molecule has 1 aromatic carbocycles. The molecular weight excluding hydrogens is 324 g/mol. The van der Waals surface area contributed by atoms with Gasteiger partial charge in [0, 0.05) is 42.6 Å². The molecule has 130 valence electrons. The molecule has 4 nitrogen and oxygen atoms in total. The lowest BCUT2D eigenvalue weighted by Gasteiger charge is -2.36. The second-order valence-electron chi connectivity index (χ2n) is 6.48. The first-order chi connectivity index (χ1) is 11.5. The van der Waals surface area contributed by atoms with Crippen LogP contribution in [0.2, 0.25) is 5.02 Å². The Kier molecular flexibility index (Phi) is 5.61. The number of aliphatic hydroxyl groups excluding tert-OH is 1. The highest BCUT2D eigenvalue weighted by Crippen LogP contribution is 2.25. The van der Waals surface area contributed by atoms with Crippen LogP contribution in [0.15, 0.2) is 42.6 Å². The molecule has 0 spiro atoms. The molecule has 2 heterocycles. The van der Waals surface area contributed by atoms with Gasteiger partial charge in [-0.05, 0) is 43.7 Å². The van der Waals surface area contributed by atoms with E-state index < -0.39 is 6.10 Å². The Morgan fingerprint density at radius 2 is 2.00 bits per heavy atom. The van der Waals surface area contributed by atoms with Crippen LogP contribution in [0.3, 0.4) is 0 Å². The highest BCUT2D eigenvalue weighted by molar-refractivity contribution is 6.30. The van der Waals surface area contributed by atoms with Crippen LogP contribution in [0.5, 0.6) is 0 Å². The van der Waals surface area contributed by atoms with E-state index in [4.69, 9.17) is 16.3 Å². The topological polar surface area (TPSA) is 37.6 Å². The van der Waals surface area contributed by atoms with Crippen LogP contribution in [0.25, 0.3) is 0 Å². The summed E-state index contributed by atoms with van der Waals surface area (Å²) in [5, 5.41) is 11.1. The van der Waals surface area contributed by atoms with Crippen LogP contribution in [-0.4, -0.2) is 40.4 Å². The number of halogens is 1. The quantitative estimate of drug-likeness (QED) is 0.865. The number of fused-ring (bicyclic) bond motifs is 1. The summed E-state index contributed by atoms with van der Waals surface area (Å²) in [5.74, 6) is 0. The summed E-state index contributed by atoms with van der Waals surface area (Å²) in [6.07, 6.45) is 1.56. The first-order valence-corrected chi connectivity index (χ1v) is 8.86. The molecular formula is C19H25ClN2O2. The summed E-state index contributed by atoms with van der Waals surface area (Å²) in [6, 6.07) is 12.2. The Morgan fingerprint density at radius 1 is 1.25 bits per heavy atom. The molecule has 1 aliphatic rings. The molecule has 0 unspecified atom stereocenters. The van der Waals surface area contributed by atoms with E-state index in [1.54, 1.807) is 0 Å². The zero-order valence-corrected chi connectivity index (χ0v) is 15.0. The normalized spacial score (nSPS) is 20.6. The van der Waals surface area contributed by atoms with Crippen molar-refractivity contribution in [3.63, 3.8) is 0 Å². The van der Waals surface area contributed by atoms with E-state index >= 15 is 0 Å². The molecule has 1 aromatic heterocycles. The van der Waals surface area contributed by atoms with Gasteiger partial charge in [0.2, 0.25) is 0 Å². The summed E-state index contributed by atoms with van der Waals surface area (Å²) in [7, 11) is 0. The van der Waals surface area contributed by atoms with Crippen molar-refractivity contribution in [2.24, 2.45) is 0 Å². The minimum atomic E-state index is -0.497. The third-order valence-corrected chi connectivity index (χ3v) is 5.04. The Bertz CT molecular complexity index is 656. The van der Waals surface area contributed by atoms with Gasteiger partial charge in [-0.15, -0.1) is 0 Å². The van der Waals surface area contributed by atoms with Crippen LogP contribution >= 0.6 is 11.6 Å². The minimum Gasteiger partial charge on any atom is -0.389 e. The van der Waals surface area contributed by atoms with Crippen LogP contribution in [0, 0.1) is 0 Å². The van der Waals surface area contributed by atoms with Gasteiger partial charge in [0.05, 0.1) is 18.8 Å². The second-order valence-corrected chi connectivity index (χ2v) is 6.91. The number of hydrogen-bond donors (Lipinski definition) is 1. The summed E-state index contributed by atoms with van der Waals surface area (Å²) in [6.45, 7) is 7.06. The van der Waals surface area contributed by atoms with E-state index in [-0.39, 0.29) is 6.10 Å². The van der Waals surface area contributed by atoms with E-state index in [9.17, 15) is 5.11 Å². The van der Waals surface area contributed by atoms with Crippen molar-refractivity contribution in [2.75, 3.05) is 19.7 Å². The molecule has 0 fully saturated rings. The van der Waals surface area contributed by atoms with Crippen LogP contribution in [0.1, 0.15) is 37.3 Å². The summed E-state index contributed by atoms with van der Waals surface area (Å²) in [5.41, 5.74) is 2.37. The van der Waals surface area contributed by atoms with E-state index in [0.29, 0.717) is 19.2 Å². The second kappa shape index (κ2) is 7.70. The Morgan fingerprint density at radius 3 is 2.75 bits per heavy atom. The highest BCUT2D eigenvalue weighted by atomic mass is 35.5. The predicted molar refractivity (Wildman–Crippen MR) is 96.2 cm³/mol. The molecule has 0 amide bonds. The van der Waals surface area contributed by atoms with Crippen molar-refractivity contribution in [1.82, 2.24) is 9.47 Å². The van der Waals surface area contributed by atoms with Gasteiger partial charge in [-0.3, -0.25) is 4.90 Å². The molecule has 0 radical (unpaired) electrons. The molecule has 3 rings (SSSR count). The van der Waals surface area contributed by atoms with Crippen LogP contribution in [-0.2, 0) is 11.3 Å². The predicted octanol–water partition coefficient (Wildman–Crippen LogP) is 3.66. The summed E-state index contributed by atoms with van der Waals surface area (Å²) in [4.78, 5) is 2.32. The molecule has 3 atom stereocenters. The van der Waals surface area contributed by atoms with E-state index in [0.717, 1.165) is 23.7 Å². The van der Waals surface area contributed by atoms with Gasteiger partial charge in [-0.25, -0.2) is 0 Å². The molecule has 0 bridgehead atoms. The van der Waals surface area contributed by atoms with Crippen molar-refractivity contribution in [1.29, 1.82) is 0 Å². The number of aliphatic hydroxyl groups is 1. The number of nitrogens with zero attached hydrogens (tertiary/aromatic N) is 2. The zero-order valence-electron chi connectivity index (χ0n) is 14.2. The number of benzene rings is 1. The molecule has 0 saturated carbocycles. The monoisotopic (exact) mass is 348 g/mol. The fourth-order valence-electron chi connectivity index (χ4n) is 3.29. The SMILES string of the molecule is C[C@H](OC[C@@H](O)CN1CCn2cccc2[C@@H]1C)c1ccc(Cl)cc1. The molecule has 0 aliphatic carbocycles. The van der Waals surface area contributed by atoms with Gasteiger partial charge < -0.3 is 14.4 Å². The Balaban J connectivity index is 1.49. The number of ether oxygens (including phenoxy) is 1. The number of β-amino-alcohol motifs (C(OH)–C–C–N with tert-alkyl or cyclic N) is 1. The lowest BCUT2D eigenvalue weighted by Crippen LogP contribution is -2.42. The maximum absolute atomic E-state index is 10.4. The third-order valence-electron chi connectivity index (χ3n) is 4.79. The van der Waals surface area contributed by atoms with Gasteiger partial charge in [0.25, 0.3) is 0 Å². The van der Waals surface area contributed by atoms with Gasteiger partial charge in [-0.1, -0.05) is 23.7 Å². The minimum absolute atomic E-state index is 0.0621. The van der Waals surface area contributed by atoms with Crippen LogP contribution in [0.4, 0.5) is 0 Å². The van der Waals surface area contributed by atoms with Gasteiger partial charge >= 0.3 is 0 Å². The first-order valence-electron chi connectivity index (χ1n) is 8.49. The van der Waals surface area contributed by atoms with E-state index in [2.05, 4.69) is 34.7 Å². The smallest absolute Gasteiger partial charge is 0.0900 e. The highest BCUT2D eigenvalue weighted by Gasteiger charge is 2.25. The molecule has 24 heavy (non-hydrogen) atoms. The summed E-state index contributed by atoms with van der Waals surface area (Å²) >= 11 is 5.91. The lowest BCUT2D eigenvalue weighted by molar-refractivity contribution is -0.0230. The van der Waals surface area contributed by atoms with E-state index in [1.165, 1.54) is 5.69 Å². The number of rotatable bonds is 6. The van der Waals surface area contributed by atoms with Gasteiger partial charge in [0.15, 0.2) is 0 Å².